The van der Waals surface area contributed by atoms with Crippen LogP contribution in [0, 0.1) is 0 Å². The molecular formula is C97H162O16P2. The lowest BCUT2D eigenvalue weighted by Crippen LogP contribution is -2.30. The molecular weight excluding hydrogens is 1480 g/mol. The van der Waals surface area contributed by atoms with E-state index in [9.17, 15) is 43.5 Å². The van der Waals surface area contributed by atoms with E-state index in [-0.39, 0.29) is 19.3 Å². The Morgan fingerprint density at radius 3 is 0.730 bits per heavy atom. The van der Waals surface area contributed by atoms with Crippen molar-refractivity contribution < 1.29 is 75.8 Å². The van der Waals surface area contributed by atoms with Gasteiger partial charge in [-0.3, -0.25) is 32.5 Å². The van der Waals surface area contributed by atoms with Crippen LogP contribution in [-0.4, -0.2) is 95.9 Å². The summed E-state index contributed by atoms with van der Waals surface area (Å²) in [5.74, 6) is -1.59. The molecule has 0 aliphatic carbocycles. The summed E-state index contributed by atoms with van der Waals surface area (Å²) in [6.45, 7) is 2.43. The summed E-state index contributed by atoms with van der Waals surface area (Å²) in [6, 6.07) is 0. The minimum atomic E-state index is -4.95. The van der Waals surface area contributed by atoms with Crippen LogP contribution >= 0.6 is 15.6 Å². The van der Waals surface area contributed by atoms with Gasteiger partial charge in [-0.05, 0) is 161 Å². The molecule has 0 amide bonds. The molecule has 4 N–H and O–H groups in total. The first-order valence-corrected chi connectivity index (χ1v) is 48.1. The van der Waals surface area contributed by atoms with Crippen molar-refractivity contribution in [2.24, 2.45) is 0 Å². The van der Waals surface area contributed by atoms with E-state index in [1.165, 1.54) is 109 Å². The third kappa shape index (κ3) is 89.3. The highest BCUT2D eigenvalue weighted by atomic mass is 31.2. The zero-order valence-electron chi connectivity index (χ0n) is 72.1. The smallest absolute Gasteiger partial charge is 0.463 e. The van der Waals surface area contributed by atoms with Crippen LogP contribution < -0.4 is 0 Å². The topological polar surface area (TPSA) is 231 Å². The molecule has 0 fully saturated rings. The number of carbonyl (C=O) groups excluding carboxylic acids is 3. The molecule has 0 aliphatic rings. The molecule has 0 saturated carbocycles. The second-order valence-electron chi connectivity index (χ2n) is 29.6. The number of phosphoric acid groups is 2. The third-order valence-corrected chi connectivity index (χ3v) is 20.5. The highest BCUT2D eigenvalue weighted by Gasteiger charge is 2.29. The maximum Gasteiger partial charge on any atom is 0.472 e. The monoisotopic (exact) mass is 1650 g/mol. The zero-order valence-corrected chi connectivity index (χ0v) is 73.9. The van der Waals surface area contributed by atoms with Crippen molar-refractivity contribution in [2.45, 2.75) is 373 Å². The van der Waals surface area contributed by atoms with Crippen molar-refractivity contribution in [1.82, 2.24) is 0 Å². The molecule has 0 aromatic rings. The van der Waals surface area contributed by atoms with Crippen LogP contribution in [0.25, 0.3) is 0 Å². The molecule has 0 heterocycles. The van der Waals surface area contributed by atoms with Gasteiger partial charge in [0.05, 0.1) is 26.4 Å². The lowest BCUT2D eigenvalue weighted by molar-refractivity contribution is -0.161. The molecule has 0 aliphatic heterocycles. The van der Waals surface area contributed by atoms with Gasteiger partial charge in [0, 0.05) is 19.3 Å². The van der Waals surface area contributed by atoms with E-state index in [1.807, 2.05) is 0 Å². The van der Waals surface area contributed by atoms with E-state index in [0.29, 0.717) is 19.3 Å². The van der Waals surface area contributed by atoms with Gasteiger partial charge in [-0.15, -0.1) is 0 Å². The van der Waals surface area contributed by atoms with Gasteiger partial charge in [-0.25, -0.2) is 9.13 Å². The first-order valence-electron chi connectivity index (χ1n) is 45.1. The molecule has 0 saturated heterocycles. The molecule has 0 rings (SSSR count). The van der Waals surface area contributed by atoms with Crippen molar-refractivity contribution in [3.8, 4) is 0 Å². The second-order valence-corrected chi connectivity index (χ2v) is 32.5. The van der Waals surface area contributed by atoms with Crippen molar-refractivity contribution in [3.05, 3.63) is 182 Å². The molecule has 0 aromatic carbocycles. The Labute approximate surface area is 700 Å². The number of phosphoric ester groups is 2. The molecule has 115 heavy (non-hydrogen) atoms. The highest BCUT2D eigenvalue weighted by Crippen LogP contribution is 2.45. The lowest BCUT2D eigenvalue weighted by Gasteiger charge is -2.21. The summed E-state index contributed by atoms with van der Waals surface area (Å²) in [5.41, 5.74) is 0. The maximum absolute atomic E-state index is 13.1. The van der Waals surface area contributed by atoms with Gasteiger partial charge in [-0.1, -0.05) is 357 Å². The van der Waals surface area contributed by atoms with Gasteiger partial charge in [0.25, 0.3) is 0 Å². The Kier molecular flexibility index (Phi) is 83.9. The third-order valence-electron chi connectivity index (χ3n) is 18.6. The largest absolute Gasteiger partial charge is 0.472 e. The van der Waals surface area contributed by atoms with E-state index in [0.717, 1.165) is 186 Å². The normalized spacial score (nSPS) is 14.7. The fraction of sp³-hybridized carbons (Fsp3) is 0.660. The van der Waals surface area contributed by atoms with Crippen LogP contribution in [0.5, 0.6) is 0 Å². The van der Waals surface area contributed by atoms with Gasteiger partial charge >= 0.3 is 33.6 Å². The highest BCUT2D eigenvalue weighted by molar-refractivity contribution is 7.47. The number of aliphatic hydroxyl groups excluding tert-OH is 2. The van der Waals surface area contributed by atoms with E-state index < -0.39 is 91.5 Å². The molecule has 16 nitrogen and oxygen atoms in total. The summed E-state index contributed by atoms with van der Waals surface area (Å²) in [4.78, 5) is 59.0. The Hall–Kier alpha value is -5.35. The van der Waals surface area contributed by atoms with E-state index in [1.54, 1.807) is 0 Å². The number of rotatable bonds is 84. The Balaban J connectivity index is 4.71. The quantitative estimate of drug-likeness (QED) is 0.0146. The van der Waals surface area contributed by atoms with Crippen molar-refractivity contribution in [1.29, 1.82) is 0 Å². The minimum absolute atomic E-state index is 0.0905. The molecule has 0 bridgehead atoms. The SMILES string of the molecule is CC/C=C\C/C=C\C/C=C\C/C=C\C/C=C\C/C=C\CCCCCCCCCCC(=O)OCC(O)COP(=O)(O)OCC(O)COP(=O)(O)OCC(COC(=O)CCCCCCCCCCCCC/C=C\C/C=C\C/C=C\C/C=C\CCCCC)OC(=O)CCCCCCCCCCC/C=C\C/C=C\C/C=C\C/C=C\C/C=C\CC. The molecule has 5 unspecified atom stereocenters. The number of esters is 3. The lowest BCUT2D eigenvalue weighted by atomic mass is 10.0. The van der Waals surface area contributed by atoms with Crippen LogP contribution in [-0.2, 0) is 55.8 Å². The van der Waals surface area contributed by atoms with Crippen LogP contribution in [0.2, 0.25) is 0 Å². The van der Waals surface area contributed by atoms with Crippen molar-refractivity contribution in [2.75, 3.05) is 39.6 Å². The van der Waals surface area contributed by atoms with E-state index in [2.05, 4.69) is 203 Å². The summed E-state index contributed by atoms with van der Waals surface area (Å²) >= 11 is 0. The molecule has 18 heteroatoms. The van der Waals surface area contributed by atoms with E-state index in [4.69, 9.17) is 32.3 Å². The number of hydrogen-bond donors (Lipinski definition) is 4. The number of unbranched alkanes of at least 4 members (excludes halogenated alkanes) is 31. The Morgan fingerprint density at radius 2 is 0.461 bits per heavy atom. The van der Waals surface area contributed by atoms with Gasteiger partial charge in [0.1, 0.15) is 25.4 Å². The number of allylic oxidation sites excluding steroid dienone is 30. The zero-order chi connectivity index (χ0) is 83.6. The summed E-state index contributed by atoms with van der Waals surface area (Å²) in [6.07, 6.45) is 115. The first-order chi connectivity index (χ1) is 56.2. The summed E-state index contributed by atoms with van der Waals surface area (Å²) in [7, 11) is -9.82. The van der Waals surface area contributed by atoms with Crippen molar-refractivity contribution >= 4 is 33.6 Å². The van der Waals surface area contributed by atoms with Gasteiger partial charge < -0.3 is 34.2 Å². The standard InChI is InChI=1S/C97H162O16P2/c1-4-7-10-13-16-19-22-25-28-31-34-37-40-43-45-48-50-53-56-59-62-65-68-71-74-77-80-83-95(100)107-86-92(98)87-109-114(103,104)110-88-93(99)89-111-115(105,106)112-91-94(113-97(102)85-82-79-76-73-70-67-64-61-58-55-52-47-42-39-36-33-30-27-24-21-18-15-12-9-6-3)90-108-96(101)84-81-78-75-72-69-66-63-60-57-54-51-49-46-44-41-38-35-32-29-26-23-20-17-14-11-8-5-2/h7,9-10,12,16-21,25-30,34-39,43-47,50,52-53,92-94,98-99H,4-6,8,11,13-15,22-24,31-33,40-42,48-49,51,54-91H2,1-3H3,(H,103,104)(H,105,106)/b10-7-,12-9-,19-16-,20-17-,21-18-,28-25-,29-26-,30-27-,37-34-,38-35-,39-36-,45-43-,46-44-,52-47-,53-50-. The van der Waals surface area contributed by atoms with Gasteiger partial charge in [0.2, 0.25) is 0 Å². The van der Waals surface area contributed by atoms with Gasteiger partial charge in [-0.2, -0.15) is 0 Å². The fourth-order valence-electron chi connectivity index (χ4n) is 11.8. The van der Waals surface area contributed by atoms with Crippen LogP contribution in [0.4, 0.5) is 0 Å². The number of carbonyl (C=O) groups is 3. The molecule has 656 valence electrons. The van der Waals surface area contributed by atoms with Crippen LogP contribution in [0.15, 0.2) is 182 Å². The second kappa shape index (κ2) is 87.9. The maximum atomic E-state index is 13.1. The minimum Gasteiger partial charge on any atom is -0.463 e. The van der Waals surface area contributed by atoms with Gasteiger partial charge in [0.15, 0.2) is 6.10 Å². The molecule has 0 spiro atoms. The van der Waals surface area contributed by atoms with Crippen LogP contribution in [0.3, 0.4) is 0 Å². The molecule has 5 atom stereocenters. The number of ether oxygens (including phenoxy) is 3. The Morgan fingerprint density at radius 1 is 0.252 bits per heavy atom. The fourth-order valence-corrected chi connectivity index (χ4v) is 13.4. The summed E-state index contributed by atoms with van der Waals surface area (Å²) in [5, 5.41) is 20.7. The van der Waals surface area contributed by atoms with Crippen LogP contribution in [0.1, 0.15) is 355 Å². The first kappa shape index (κ1) is 110. The number of aliphatic hydroxyl groups is 2. The average Bonchev–Trinajstić information content (AvgIpc) is 0.908. The molecule has 0 aromatic heterocycles. The predicted molar refractivity (Wildman–Crippen MR) is 481 cm³/mol. The molecule has 0 radical (unpaired) electrons. The van der Waals surface area contributed by atoms with E-state index >= 15 is 0 Å². The summed E-state index contributed by atoms with van der Waals surface area (Å²) < 4.78 is 61.5. The Bertz CT molecular complexity index is 2820. The average molecular weight is 1650 g/mol. The number of hydrogen-bond acceptors (Lipinski definition) is 14. The predicted octanol–water partition coefficient (Wildman–Crippen LogP) is 27.7. The van der Waals surface area contributed by atoms with Crippen molar-refractivity contribution in [3.63, 3.8) is 0 Å².